The molecular weight excluding hydrogens is 887 g/mol. The summed E-state index contributed by atoms with van der Waals surface area (Å²) < 4.78 is 40.2. The lowest BCUT2D eigenvalue weighted by Gasteiger charge is -2.43. The first-order valence-corrected chi connectivity index (χ1v) is 25.7. The Morgan fingerprint density at radius 1 is 1.06 bits per heavy atom. The maximum absolute atomic E-state index is 14.8. The number of amides is 3. The summed E-state index contributed by atoms with van der Waals surface area (Å²) in [6.45, 7) is 13.7. The van der Waals surface area contributed by atoms with Crippen molar-refractivity contribution in [2.75, 3.05) is 33.4 Å². The summed E-state index contributed by atoms with van der Waals surface area (Å²) in [5.74, 6) is -2.08. The van der Waals surface area contributed by atoms with Gasteiger partial charge in [-0.1, -0.05) is 39.8 Å². The van der Waals surface area contributed by atoms with Gasteiger partial charge in [0, 0.05) is 67.8 Å². The van der Waals surface area contributed by atoms with Gasteiger partial charge in [-0.15, -0.1) is 0 Å². The number of hydrogen-bond donors (Lipinski definition) is 4. The van der Waals surface area contributed by atoms with E-state index in [1.807, 2.05) is 39.0 Å². The molecule has 364 valence electrons. The molecule has 4 aliphatic heterocycles. The summed E-state index contributed by atoms with van der Waals surface area (Å²) >= 11 is 0. The lowest BCUT2D eigenvalue weighted by molar-refractivity contribution is -0.155. The SMILES string of the molecule is CCn1c(-c2cccnc2[C@H](C)OC)c2c3cc(ccc31)-c1cc(O)cc(c1)C[C@H](NC(=O)[C@H](C(C)C)N1CCC3(CC(S(=O)(=O)[C@H]4CN4)C3)C1=O)C(=O)N1CCC[C@H](N1)C(=O)OCC(C)(C)C2. The molecule has 5 atom stereocenters. The zero-order chi connectivity index (χ0) is 48.4. The van der Waals surface area contributed by atoms with Crippen LogP contribution in [-0.2, 0) is 57.9 Å². The first kappa shape index (κ1) is 47.7. The Kier molecular flexibility index (Phi) is 12.8. The summed E-state index contributed by atoms with van der Waals surface area (Å²) in [6, 6.07) is 12.5. The molecule has 3 saturated heterocycles. The van der Waals surface area contributed by atoms with E-state index in [0.717, 1.165) is 39.0 Å². The Balaban J connectivity index is 1.09. The largest absolute Gasteiger partial charge is 0.508 e. The fourth-order valence-electron chi connectivity index (χ4n) is 11.2. The van der Waals surface area contributed by atoms with E-state index in [2.05, 4.69) is 59.6 Å². The van der Waals surface area contributed by atoms with Crippen LogP contribution in [0.1, 0.15) is 96.6 Å². The van der Waals surface area contributed by atoms with Crippen molar-refractivity contribution in [2.45, 2.75) is 128 Å². The predicted molar refractivity (Wildman–Crippen MR) is 256 cm³/mol. The second-order valence-electron chi connectivity index (χ2n) is 20.8. The molecule has 6 heterocycles. The highest BCUT2D eigenvalue weighted by Gasteiger charge is 2.61. The number of carbonyl (C=O) groups excluding carboxylic acids is 4. The number of ether oxygens (including phenoxy) is 2. The maximum atomic E-state index is 14.8. The Morgan fingerprint density at radius 2 is 1.82 bits per heavy atom. The fraction of sp³-hybridized carbons (Fsp3) is 0.549. The van der Waals surface area contributed by atoms with Crippen LogP contribution in [0.4, 0.5) is 0 Å². The summed E-state index contributed by atoms with van der Waals surface area (Å²) in [6.07, 6.45) is 3.85. The van der Waals surface area contributed by atoms with Crippen molar-refractivity contribution in [1.29, 1.82) is 0 Å². The van der Waals surface area contributed by atoms with Crippen LogP contribution in [0, 0.1) is 16.7 Å². The van der Waals surface area contributed by atoms with Gasteiger partial charge in [-0.25, -0.2) is 13.8 Å². The Bertz CT molecular complexity index is 2760. The minimum atomic E-state index is -3.38. The molecule has 2 aromatic heterocycles. The van der Waals surface area contributed by atoms with E-state index in [4.69, 9.17) is 14.5 Å². The third kappa shape index (κ3) is 8.79. The highest BCUT2D eigenvalue weighted by molar-refractivity contribution is 7.93. The number of fused-ring (bicyclic) bond motifs is 6. The van der Waals surface area contributed by atoms with Crippen LogP contribution in [0.5, 0.6) is 5.75 Å². The molecule has 3 amide bonds. The van der Waals surface area contributed by atoms with Gasteiger partial charge in [-0.05, 0) is 117 Å². The Hall–Kier alpha value is -5.36. The maximum Gasteiger partial charge on any atom is 0.324 e. The number of likely N-dealkylation sites (tertiary alicyclic amines) is 1. The van der Waals surface area contributed by atoms with Gasteiger partial charge in [-0.2, -0.15) is 0 Å². The number of rotatable bonds is 10. The molecule has 2 aromatic carbocycles. The molecule has 1 aliphatic carbocycles. The smallest absolute Gasteiger partial charge is 0.324 e. The van der Waals surface area contributed by atoms with Crippen molar-refractivity contribution in [3.63, 3.8) is 0 Å². The van der Waals surface area contributed by atoms with E-state index in [-0.39, 0.29) is 62.6 Å². The predicted octanol–water partition coefficient (Wildman–Crippen LogP) is 5.20. The molecule has 4 fully saturated rings. The third-order valence-electron chi connectivity index (χ3n) is 14.9. The average molecular weight is 952 g/mol. The topological polar surface area (TPSA) is 211 Å². The zero-order valence-corrected chi connectivity index (χ0v) is 40.9. The van der Waals surface area contributed by atoms with E-state index < -0.39 is 67.2 Å². The molecule has 1 spiro atoms. The number of sulfone groups is 1. The summed E-state index contributed by atoms with van der Waals surface area (Å²) in [5, 5.41) is 18.5. The minimum absolute atomic E-state index is 0.0172. The molecule has 5 aliphatic rings. The second-order valence-corrected chi connectivity index (χ2v) is 23.2. The molecule has 1 saturated carbocycles. The van der Waals surface area contributed by atoms with E-state index in [0.29, 0.717) is 49.9 Å². The highest BCUT2D eigenvalue weighted by atomic mass is 32.2. The fourth-order valence-corrected chi connectivity index (χ4v) is 13.3. The van der Waals surface area contributed by atoms with Crippen LogP contribution >= 0.6 is 0 Å². The molecule has 17 heteroatoms. The molecule has 4 aromatic rings. The number of phenols is 1. The van der Waals surface area contributed by atoms with Gasteiger partial charge in [0.15, 0.2) is 9.84 Å². The van der Waals surface area contributed by atoms with Gasteiger partial charge < -0.3 is 29.4 Å². The summed E-state index contributed by atoms with van der Waals surface area (Å²) in [7, 11) is -1.72. The number of phenolic OH excluding ortho intramolecular Hbond substituents is 1. The minimum Gasteiger partial charge on any atom is -0.508 e. The van der Waals surface area contributed by atoms with Gasteiger partial charge in [0.2, 0.25) is 11.8 Å². The zero-order valence-electron chi connectivity index (χ0n) is 40.1. The summed E-state index contributed by atoms with van der Waals surface area (Å²) in [4.78, 5) is 64.0. The number of nitrogens with zero attached hydrogens (tertiary/aromatic N) is 4. The molecule has 68 heavy (non-hydrogen) atoms. The highest BCUT2D eigenvalue weighted by Crippen LogP contribution is 2.53. The van der Waals surface area contributed by atoms with E-state index in [1.165, 1.54) is 5.01 Å². The molecule has 0 unspecified atom stereocenters. The van der Waals surface area contributed by atoms with Crippen LogP contribution < -0.4 is 16.1 Å². The number of hydrazine groups is 1. The number of cyclic esters (lactones) is 1. The number of esters is 1. The number of aromatic hydroxyl groups is 1. The van der Waals surface area contributed by atoms with E-state index >= 15 is 0 Å². The quantitative estimate of drug-likeness (QED) is 0.119. The standard InChI is InChI=1S/C51H65N7O9S/c1-8-56-41-14-13-32-23-37(41)38(45(56)36-11-9-16-52-43(36)30(4)66-7)26-50(5,6)28-67-48(62)39-12-10-17-58(55-39)47(61)40(21-31-19-33(32)22-34(59)20-31)54-46(60)44(29(2)3)57-18-15-51(49(57)63)24-35(25-51)68(64,65)42-27-53-42/h9,11,13-14,16,19-20,22-23,29-30,35,39-40,42,44,53,55,59H,8,10,12,15,17-18,21,24-28H2,1-7H3,(H,54,60)/t30-,35?,39-,40-,42-,44-,51?/m0/s1. The van der Waals surface area contributed by atoms with Gasteiger partial charge in [0.05, 0.1) is 34.8 Å². The van der Waals surface area contributed by atoms with Crippen molar-refractivity contribution >= 4 is 44.4 Å². The van der Waals surface area contributed by atoms with Crippen molar-refractivity contribution < 1.29 is 42.2 Å². The first-order valence-electron chi connectivity index (χ1n) is 24.1. The van der Waals surface area contributed by atoms with Crippen molar-refractivity contribution in [1.82, 2.24) is 35.5 Å². The normalized spacial score (nSPS) is 26.1. The lowest BCUT2D eigenvalue weighted by Crippen LogP contribution is -2.62. The van der Waals surface area contributed by atoms with Gasteiger partial charge in [-0.3, -0.25) is 34.5 Å². The molecule has 6 bridgehead atoms. The monoisotopic (exact) mass is 951 g/mol. The summed E-state index contributed by atoms with van der Waals surface area (Å²) in [5.41, 5.74) is 8.66. The molecule has 16 nitrogen and oxygen atoms in total. The van der Waals surface area contributed by atoms with Crippen LogP contribution in [0.25, 0.3) is 33.3 Å². The average Bonchev–Trinajstić information content (AvgIpc) is 4.06. The van der Waals surface area contributed by atoms with Crippen LogP contribution in [0.2, 0.25) is 0 Å². The van der Waals surface area contributed by atoms with Crippen LogP contribution in [-0.4, -0.2) is 119 Å². The van der Waals surface area contributed by atoms with Gasteiger partial charge >= 0.3 is 5.97 Å². The van der Waals surface area contributed by atoms with Crippen LogP contribution in [0.3, 0.4) is 0 Å². The third-order valence-corrected chi connectivity index (χ3v) is 17.3. The number of benzene rings is 2. The number of nitrogens with one attached hydrogen (secondary N) is 3. The number of carbonyl (C=O) groups is 4. The lowest BCUT2D eigenvalue weighted by atomic mass is 9.67. The number of pyridine rings is 1. The Morgan fingerprint density at radius 3 is 2.53 bits per heavy atom. The number of aryl methyl sites for hydroxylation is 1. The van der Waals surface area contributed by atoms with Crippen molar-refractivity contribution in [3.05, 3.63) is 71.5 Å². The molecular formula is C51H65N7O9S. The number of hydrogen-bond acceptors (Lipinski definition) is 12. The number of aromatic nitrogens is 2. The van der Waals surface area contributed by atoms with Gasteiger partial charge in [0.1, 0.15) is 29.2 Å². The van der Waals surface area contributed by atoms with Crippen molar-refractivity contribution in [3.8, 4) is 28.1 Å². The Labute approximate surface area is 398 Å². The van der Waals surface area contributed by atoms with Crippen LogP contribution in [0.15, 0.2) is 54.7 Å². The van der Waals surface area contributed by atoms with E-state index in [1.54, 1.807) is 30.3 Å². The number of methoxy groups -OCH3 is 1. The molecule has 4 N–H and O–H groups in total. The molecule has 0 radical (unpaired) electrons. The van der Waals surface area contributed by atoms with Crippen molar-refractivity contribution in [2.24, 2.45) is 16.7 Å². The molecule has 9 rings (SSSR count). The first-order chi connectivity index (χ1) is 32.3. The van der Waals surface area contributed by atoms with Gasteiger partial charge in [0.25, 0.3) is 5.91 Å². The second kappa shape index (κ2) is 18.2. The van der Waals surface area contributed by atoms with E-state index in [9.17, 15) is 32.7 Å².